The molecule has 0 aliphatic heterocycles. The number of hydrogen-bond donors (Lipinski definition) is 0. The van der Waals surface area contributed by atoms with Gasteiger partial charge in [-0.1, -0.05) is 152 Å². The van der Waals surface area contributed by atoms with E-state index < -0.39 is 0 Å². The third-order valence-corrected chi connectivity index (χ3v) is 10.3. The van der Waals surface area contributed by atoms with Crippen LogP contribution in [0.2, 0.25) is 0 Å². The predicted molar refractivity (Wildman–Crippen MR) is 223 cm³/mol. The van der Waals surface area contributed by atoms with Crippen molar-refractivity contribution in [2.75, 3.05) is 9.80 Å². The van der Waals surface area contributed by atoms with Crippen LogP contribution in [0.15, 0.2) is 206 Å². The Balaban J connectivity index is 1.39. The van der Waals surface area contributed by atoms with Crippen molar-refractivity contribution in [3.63, 3.8) is 0 Å². The molecule has 10 rings (SSSR count). The van der Waals surface area contributed by atoms with E-state index in [-0.39, 0.29) is 0 Å². The van der Waals surface area contributed by atoms with Crippen molar-refractivity contribution in [3.8, 4) is 0 Å². The van der Waals surface area contributed by atoms with Gasteiger partial charge in [0.25, 0.3) is 0 Å². The van der Waals surface area contributed by atoms with Gasteiger partial charge in [0.2, 0.25) is 0 Å². The van der Waals surface area contributed by atoms with Crippen LogP contribution in [0.4, 0.5) is 34.1 Å². The molecule has 0 N–H and O–H groups in total. The van der Waals surface area contributed by atoms with E-state index in [0.717, 1.165) is 34.1 Å². The third kappa shape index (κ3) is 4.96. The van der Waals surface area contributed by atoms with Crippen molar-refractivity contribution >= 4 is 88.0 Å². The van der Waals surface area contributed by atoms with Gasteiger partial charge in [-0.2, -0.15) is 0 Å². The zero-order valence-electron chi connectivity index (χ0n) is 28.5. The van der Waals surface area contributed by atoms with E-state index in [0.29, 0.717) is 0 Å². The Kier molecular flexibility index (Phi) is 7.18. The number of rotatable bonds is 6. The highest BCUT2D eigenvalue weighted by Crippen LogP contribution is 2.52. The lowest BCUT2D eigenvalue weighted by atomic mass is 9.92. The molecule has 0 aliphatic carbocycles. The van der Waals surface area contributed by atoms with E-state index in [1.807, 2.05) is 0 Å². The molecule has 0 aromatic heterocycles. The van der Waals surface area contributed by atoms with Crippen molar-refractivity contribution < 1.29 is 0 Å². The fourth-order valence-electron chi connectivity index (χ4n) is 7.97. The molecule has 2 nitrogen and oxygen atoms in total. The normalized spacial score (nSPS) is 11.5. The number of nitrogens with zero attached hydrogens (tertiary/aromatic N) is 2. The van der Waals surface area contributed by atoms with Crippen molar-refractivity contribution in [2.24, 2.45) is 0 Å². The topological polar surface area (TPSA) is 6.48 Å². The second kappa shape index (κ2) is 12.5. The lowest BCUT2D eigenvalue weighted by Crippen LogP contribution is -2.15. The molecule has 0 spiro atoms. The van der Waals surface area contributed by atoms with Crippen molar-refractivity contribution in [2.45, 2.75) is 0 Å². The molecule has 0 saturated heterocycles. The molecule has 0 saturated carbocycles. The van der Waals surface area contributed by atoms with Gasteiger partial charge >= 0.3 is 0 Å². The summed E-state index contributed by atoms with van der Waals surface area (Å²) in [6, 6.07) is 74.9. The average Bonchev–Trinajstić information content (AvgIpc) is 3.22. The van der Waals surface area contributed by atoms with Crippen LogP contribution in [0.1, 0.15) is 0 Å². The molecule has 10 aromatic carbocycles. The van der Waals surface area contributed by atoms with Crippen LogP contribution in [0.25, 0.3) is 53.9 Å². The van der Waals surface area contributed by atoms with Crippen LogP contribution in [0.3, 0.4) is 0 Å². The van der Waals surface area contributed by atoms with Crippen LogP contribution in [0, 0.1) is 0 Å². The zero-order chi connectivity index (χ0) is 34.4. The number of benzene rings is 10. The monoisotopic (exact) mass is 662 g/mol. The standard InChI is InChI=1S/C50H34N2/c1-3-22-40(23-4-1)51(42-31-30-35-16-7-8-18-37(35)32-42)49-44-27-13-14-28-45(44)50(47-34-39-20-10-9-19-38(39)33-46(47)49)52(41-24-5-2-6-25-41)48-29-15-21-36-17-11-12-26-43(36)48/h1-34H. The first-order valence-corrected chi connectivity index (χ1v) is 17.9. The van der Waals surface area contributed by atoms with Crippen LogP contribution >= 0.6 is 0 Å². The fraction of sp³-hybridized carbons (Fsp3) is 0. The summed E-state index contributed by atoms with van der Waals surface area (Å²) in [6.45, 7) is 0. The molecule has 0 atom stereocenters. The van der Waals surface area contributed by atoms with E-state index in [1.54, 1.807) is 0 Å². The molecule has 0 aliphatic rings. The molecule has 244 valence electrons. The van der Waals surface area contributed by atoms with Gasteiger partial charge in [-0.3, -0.25) is 0 Å². The Morgan fingerprint density at radius 2 is 0.673 bits per heavy atom. The van der Waals surface area contributed by atoms with E-state index >= 15 is 0 Å². The first kappa shape index (κ1) is 30.0. The number of para-hydroxylation sites is 2. The summed E-state index contributed by atoms with van der Waals surface area (Å²) >= 11 is 0. The third-order valence-electron chi connectivity index (χ3n) is 10.3. The molecular weight excluding hydrogens is 629 g/mol. The lowest BCUT2D eigenvalue weighted by molar-refractivity contribution is 1.30. The molecule has 0 amide bonds. The first-order chi connectivity index (χ1) is 25.8. The number of fused-ring (bicyclic) bond motifs is 5. The number of anilines is 6. The van der Waals surface area contributed by atoms with Crippen LogP contribution in [-0.2, 0) is 0 Å². The predicted octanol–water partition coefficient (Wildman–Crippen LogP) is 14.4. The Labute approximate surface area is 303 Å². The van der Waals surface area contributed by atoms with E-state index in [2.05, 4.69) is 216 Å². The Morgan fingerprint density at radius 3 is 1.29 bits per heavy atom. The first-order valence-electron chi connectivity index (χ1n) is 17.9. The summed E-state index contributed by atoms with van der Waals surface area (Å²) in [6.07, 6.45) is 0. The highest BCUT2D eigenvalue weighted by atomic mass is 15.2. The highest BCUT2D eigenvalue weighted by Gasteiger charge is 2.26. The van der Waals surface area contributed by atoms with E-state index in [4.69, 9.17) is 0 Å². The van der Waals surface area contributed by atoms with Crippen LogP contribution in [-0.4, -0.2) is 0 Å². The maximum absolute atomic E-state index is 2.48. The Bertz CT molecular complexity index is 2910. The molecule has 0 unspecified atom stereocenters. The van der Waals surface area contributed by atoms with E-state index in [9.17, 15) is 0 Å². The van der Waals surface area contributed by atoms with Gasteiger partial charge in [0.1, 0.15) is 0 Å². The molecule has 2 heteroatoms. The van der Waals surface area contributed by atoms with Gasteiger partial charge in [0, 0.05) is 44.0 Å². The van der Waals surface area contributed by atoms with Crippen molar-refractivity contribution in [1.29, 1.82) is 0 Å². The SMILES string of the molecule is c1ccc(N(c2ccc3ccccc3c2)c2c3ccccc3c(N(c3ccccc3)c3cccc4ccccc34)c3cc4ccccc4cc23)cc1. The van der Waals surface area contributed by atoms with Gasteiger partial charge < -0.3 is 9.80 Å². The second-order valence-corrected chi connectivity index (χ2v) is 13.4. The maximum atomic E-state index is 2.48. The van der Waals surface area contributed by atoms with Gasteiger partial charge in [0.05, 0.1) is 17.1 Å². The molecule has 10 aromatic rings. The molecular formula is C50H34N2. The molecule has 0 bridgehead atoms. The summed E-state index contributed by atoms with van der Waals surface area (Å²) in [5.74, 6) is 0. The summed E-state index contributed by atoms with van der Waals surface area (Å²) in [5, 5.41) is 12.0. The van der Waals surface area contributed by atoms with Crippen molar-refractivity contribution in [1.82, 2.24) is 0 Å². The zero-order valence-corrected chi connectivity index (χ0v) is 28.5. The molecule has 52 heavy (non-hydrogen) atoms. The van der Waals surface area contributed by atoms with E-state index in [1.165, 1.54) is 53.9 Å². The smallest absolute Gasteiger partial charge is 0.0620 e. The number of hydrogen-bond acceptors (Lipinski definition) is 2. The summed E-state index contributed by atoms with van der Waals surface area (Å²) in [7, 11) is 0. The Hall–Kier alpha value is -6.90. The molecule has 0 radical (unpaired) electrons. The van der Waals surface area contributed by atoms with Crippen LogP contribution < -0.4 is 9.80 Å². The summed E-state index contributed by atoms with van der Waals surface area (Å²) in [4.78, 5) is 4.94. The second-order valence-electron chi connectivity index (χ2n) is 13.4. The van der Waals surface area contributed by atoms with Gasteiger partial charge in [-0.05, 0) is 81.5 Å². The maximum Gasteiger partial charge on any atom is 0.0620 e. The lowest BCUT2D eigenvalue weighted by Gasteiger charge is -2.33. The average molecular weight is 663 g/mol. The van der Waals surface area contributed by atoms with Gasteiger partial charge in [-0.15, -0.1) is 0 Å². The Morgan fingerprint density at radius 1 is 0.231 bits per heavy atom. The van der Waals surface area contributed by atoms with Crippen LogP contribution in [0.5, 0.6) is 0 Å². The summed E-state index contributed by atoms with van der Waals surface area (Å²) < 4.78 is 0. The van der Waals surface area contributed by atoms with Crippen molar-refractivity contribution in [3.05, 3.63) is 206 Å². The largest absolute Gasteiger partial charge is 0.309 e. The molecule has 0 heterocycles. The minimum absolute atomic E-state index is 1.11. The highest BCUT2D eigenvalue weighted by molar-refractivity contribution is 6.26. The minimum Gasteiger partial charge on any atom is -0.309 e. The van der Waals surface area contributed by atoms with Gasteiger partial charge in [-0.25, -0.2) is 0 Å². The molecule has 0 fully saturated rings. The fourth-order valence-corrected chi connectivity index (χ4v) is 7.97. The minimum atomic E-state index is 1.11. The van der Waals surface area contributed by atoms with Gasteiger partial charge in [0.15, 0.2) is 0 Å². The summed E-state index contributed by atoms with van der Waals surface area (Å²) in [5.41, 5.74) is 6.80. The quantitative estimate of drug-likeness (QED) is 0.129.